The van der Waals surface area contributed by atoms with Crippen LogP contribution in [-0.4, -0.2) is 17.3 Å². The fourth-order valence-electron chi connectivity index (χ4n) is 2.46. The van der Waals surface area contributed by atoms with Crippen LogP contribution in [0.5, 0.6) is 0 Å². The van der Waals surface area contributed by atoms with Crippen molar-refractivity contribution in [3.05, 3.63) is 60.0 Å². The maximum absolute atomic E-state index is 13.5. The van der Waals surface area contributed by atoms with Gasteiger partial charge in [-0.3, -0.25) is 4.79 Å². The van der Waals surface area contributed by atoms with Gasteiger partial charge >= 0.3 is 6.43 Å². The van der Waals surface area contributed by atoms with Gasteiger partial charge in [0.1, 0.15) is 11.6 Å². The molecule has 2 aromatic carbocycles. The van der Waals surface area contributed by atoms with E-state index >= 15 is 0 Å². The summed E-state index contributed by atoms with van der Waals surface area (Å²) in [5.41, 5.74) is 2.53. The predicted octanol–water partition coefficient (Wildman–Crippen LogP) is 4.55. The minimum atomic E-state index is -3.10. The summed E-state index contributed by atoms with van der Waals surface area (Å²) in [6, 6.07) is 11.5. The molecule has 0 spiro atoms. The first-order chi connectivity index (χ1) is 11.4. The van der Waals surface area contributed by atoms with Crippen LogP contribution >= 0.6 is 0 Å². The molecule has 3 aromatic rings. The Morgan fingerprint density at radius 1 is 1.08 bits per heavy atom. The number of halogens is 3. The lowest BCUT2D eigenvalue weighted by Crippen LogP contribution is -2.20. The lowest BCUT2D eigenvalue weighted by Gasteiger charge is -2.09. The Balaban J connectivity index is 1.98. The molecule has 1 N–H and O–H groups in total. The van der Waals surface area contributed by atoms with Crippen molar-refractivity contribution >= 4 is 22.5 Å². The van der Waals surface area contributed by atoms with Crippen molar-refractivity contribution in [1.82, 2.24) is 4.98 Å². The molecule has 3 rings (SSSR count). The molecule has 0 saturated carbocycles. The number of carbonyl (C=O) groups is 1. The number of carbonyl (C=O) groups excluding carboxylic acids is 1. The van der Waals surface area contributed by atoms with Crippen LogP contribution in [-0.2, 0) is 4.79 Å². The maximum atomic E-state index is 13.5. The van der Waals surface area contributed by atoms with Gasteiger partial charge in [0.15, 0.2) is 0 Å². The molecule has 0 fully saturated rings. The number of benzene rings is 2. The molecule has 1 amide bonds. The second-order valence-electron chi connectivity index (χ2n) is 5.38. The first-order valence-corrected chi connectivity index (χ1v) is 7.19. The summed E-state index contributed by atoms with van der Waals surface area (Å²) in [6.07, 6.45) is -1.62. The number of nitrogens with one attached hydrogen (secondary N) is 1. The molecule has 3 nitrogen and oxygen atoms in total. The lowest BCUT2D eigenvalue weighted by atomic mass is 9.98. The summed E-state index contributed by atoms with van der Waals surface area (Å²) in [5.74, 6) is -1.66. The summed E-state index contributed by atoms with van der Waals surface area (Å²) in [6.45, 7) is 1.89. The number of alkyl halides is 2. The number of aromatic nitrogens is 1. The molecular weight excluding hydrogens is 317 g/mol. The van der Waals surface area contributed by atoms with E-state index in [0.29, 0.717) is 0 Å². The van der Waals surface area contributed by atoms with Crippen molar-refractivity contribution in [2.24, 2.45) is 0 Å². The maximum Gasteiger partial charge on any atom is 0.315 e. The van der Waals surface area contributed by atoms with E-state index < -0.39 is 12.3 Å². The average Bonchev–Trinajstić information content (AvgIpc) is 2.56. The minimum absolute atomic E-state index is 0.0579. The van der Waals surface area contributed by atoms with E-state index in [1.54, 1.807) is 12.1 Å². The van der Waals surface area contributed by atoms with Gasteiger partial charge in [-0.05, 0) is 53.3 Å². The quantitative estimate of drug-likeness (QED) is 0.765. The third-order valence-corrected chi connectivity index (χ3v) is 3.68. The van der Waals surface area contributed by atoms with E-state index in [4.69, 9.17) is 0 Å². The highest BCUT2D eigenvalue weighted by Gasteiger charge is 2.15. The Morgan fingerprint density at radius 2 is 1.88 bits per heavy atom. The van der Waals surface area contributed by atoms with E-state index in [1.165, 1.54) is 24.4 Å². The van der Waals surface area contributed by atoms with Gasteiger partial charge < -0.3 is 5.32 Å². The van der Waals surface area contributed by atoms with Gasteiger partial charge in [0.05, 0.1) is 0 Å². The van der Waals surface area contributed by atoms with Crippen LogP contribution in [0, 0.1) is 12.7 Å². The summed E-state index contributed by atoms with van der Waals surface area (Å²) in [4.78, 5) is 15.0. The molecule has 122 valence electrons. The first kappa shape index (κ1) is 16.0. The van der Waals surface area contributed by atoms with Crippen molar-refractivity contribution < 1.29 is 18.0 Å². The molecular formula is C18H13F3N2O. The topological polar surface area (TPSA) is 42.0 Å². The van der Waals surface area contributed by atoms with E-state index in [2.05, 4.69) is 4.98 Å². The number of hydrogen-bond acceptors (Lipinski definition) is 2. The van der Waals surface area contributed by atoms with Crippen LogP contribution in [0.25, 0.3) is 21.9 Å². The molecule has 0 bridgehead atoms. The Morgan fingerprint density at radius 3 is 2.62 bits per heavy atom. The molecule has 0 saturated heterocycles. The van der Waals surface area contributed by atoms with Crippen molar-refractivity contribution in [3.63, 3.8) is 0 Å². The fourth-order valence-corrected chi connectivity index (χ4v) is 2.46. The SMILES string of the molecule is Cc1ccc(F)cc1-c1ccc2cc(NC(=O)C(F)F)ncc2c1. The number of amides is 1. The molecule has 24 heavy (non-hydrogen) atoms. The van der Waals surface area contributed by atoms with E-state index in [-0.39, 0.29) is 11.6 Å². The highest BCUT2D eigenvalue weighted by molar-refractivity contribution is 5.95. The zero-order valence-corrected chi connectivity index (χ0v) is 12.7. The Kier molecular flexibility index (Phi) is 4.20. The smallest absolute Gasteiger partial charge is 0.306 e. The molecule has 0 aliphatic rings. The molecule has 0 aliphatic heterocycles. The second kappa shape index (κ2) is 6.31. The first-order valence-electron chi connectivity index (χ1n) is 7.19. The largest absolute Gasteiger partial charge is 0.315 e. The van der Waals surface area contributed by atoms with Crippen molar-refractivity contribution in [3.8, 4) is 11.1 Å². The third-order valence-electron chi connectivity index (χ3n) is 3.68. The number of rotatable bonds is 3. The molecule has 0 atom stereocenters. The molecule has 1 aromatic heterocycles. The second-order valence-corrected chi connectivity index (χ2v) is 5.38. The van der Waals surface area contributed by atoms with Crippen LogP contribution in [0.4, 0.5) is 19.0 Å². The van der Waals surface area contributed by atoms with Crippen LogP contribution in [0.2, 0.25) is 0 Å². The number of nitrogens with zero attached hydrogens (tertiary/aromatic N) is 1. The van der Waals surface area contributed by atoms with Gasteiger partial charge in [-0.1, -0.05) is 18.2 Å². The summed E-state index contributed by atoms with van der Waals surface area (Å²) in [5, 5.41) is 3.53. The zero-order chi connectivity index (χ0) is 17.3. The number of pyridine rings is 1. The lowest BCUT2D eigenvalue weighted by molar-refractivity contribution is -0.126. The Labute approximate surface area is 136 Å². The summed E-state index contributed by atoms with van der Waals surface area (Å²) in [7, 11) is 0. The predicted molar refractivity (Wildman–Crippen MR) is 86.5 cm³/mol. The minimum Gasteiger partial charge on any atom is -0.306 e. The van der Waals surface area contributed by atoms with Crippen molar-refractivity contribution in [1.29, 1.82) is 0 Å². The average molecular weight is 330 g/mol. The van der Waals surface area contributed by atoms with E-state index in [1.807, 2.05) is 24.4 Å². The van der Waals surface area contributed by atoms with Crippen molar-refractivity contribution in [2.45, 2.75) is 13.3 Å². The third kappa shape index (κ3) is 3.22. The van der Waals surface area contributed by atoms with Gasteiger partial charge in [-0.15, -0.1) is 0 Å². The number of fused-ring (bicyclic) bond motifs is 1. The van der Waals surface area contributed by atoms with Gasteiger partial charge in [0.2, 0.25) is 0 Å². The molecule has 6 heteroatoms. The van der Waals surface area contributed by atoms with Crippen molar-refractivity contribution in [2.75, 3.05) is 5.32 Å². The normalized spacial score (nSPS) is 11.0. The molecule has 0 aliphatic carbocycles. The van der Waals surface area contributed by atoms with E-state index in [9.17, 15) is 18.0 Å². The highest BCUT2D eigenvalue weighted by atomic mass is 19.3. The van der Waals surface area contributed by atoms with Crippen LogP contribution < -0.4 is 5.32 Å². The molecule has 1 heterocycles. The highest BCUT2D eigenvalue weighted by Crippen LogP contribution is 2.28. The number of hydrogen-bond donors (Lipinski definition) is 1. The standard InChI is InChI=1S/C18H13F3N2O/c1-10-2-5-14(19)8-15(10)12-4-3-11-7-16(22-9-13(11)6-12)23-18(24)17(20)21/h2-9,17H,1H3,(H,22,23,24). The Hall–Kier alpha value is -2.89. The zero-order valence-electron chi connectivity index (χ0n) is 12.7. The number of aryl methyl sites for hydroxylation is 1. The van der Waals surface area contributed by atoms with Crippen LogP contribution in [0.3, 0.4) is 0 Å². The van der Waals surface area contributed by atoms with Crippen LogP contribution in [0.1, 0.15) is 5.56 Å². The van der Waals surface area contributed by atoms with Gasteiger partial charge in [0.25, 0.3) is 5.91 Å². The van der Waals surface area contributed by atoms with Gasteiger partial charge in [-0.2, -0.15) is 8.78 Å². The number of anilines is 1. The summed E-state index contributed by atoms with van der Waals surface area (Å²) >= 11 is 0. The Bertz CT molecular complexity index is 925. The summed E-state index contributed by atoms with van der Waals surface area (Å²) < 4.78 is 38.0. The molecule has 0 unspecified atom stereocenters. The van der Waals surface area contributed by atoms with E-state index in [0.717, 1.165) is 27.5 Å². The van der Waals surface area contributed by atoms with Gasteiger partial charge in [0, 0.05) is 11.6 Å². The molecule has 0 radical (unpaired) electrons. The monoisotopic (exact) mass is 330 g/mol. The van der Waals surface area contributed by atoms with Gasteiger partial charge in [-0.25, -0.2) is 9.37 Å². The fraction of sp³-hybridized carbons (Fsp3) is 0.111. The van der Waals surface area contributed by atoms with Crippen LogP contribution in [0.15, 0.2) is 48.7 Å².